The van der Waals surface area contributed by atoms with Gasteiger partial charge in [0.25, 0.3) is 5.91 Å². The molecule has 2 aromatic heterocycles. The zero-order valence-corrected chi connectivity index (χ0v) is 37.1. The van der Waals surface area contributed by atoms with Crippen LogP contribution in [0.4, 0.5) is 4.79 Å². The molecule has 2 aliphatic heterocycles. The molecule has 0 saturated carbocycles. The van der Waals surface area contributed by atoms with E-state index < -0.39 is 18.1 Å². The van der Waals surface area contributed by atoms with Gasteiger partial charge in [0.05, 0.1) is 48.9 Å². The Kier molecular flexibility index (Phi) is 14.1. The average Bonchev–Trinajstić information content (AvgIpc) is 4.19. The van der Waals surface area contributed by atoms with Crippen LogP contribution in [0.2, 0.25) is 0 Å². The number of nitrogens with one attached hydrogen (secondary N) is 4. The molecule has 3 amide bonds. The molecule has 0 bridgehead atoms. The highest BCUT2D eigenvalue weighted by Crippen LogP contribution is 2.40. The number of likely N-dealkylation sites (tertiary alicyclic amines) is 2. The lowest BCUT2D eigenvalue weighted by Crippen LogP contribution is -2.43. The number of aromatic nitrogens is 4. The van der Waals surface area contributed by atoms with Gasteiger partial charge < -0.3 is 34.7 Å². The van der Waals surface area contributed by atoms with Crippen molar-refractivity contribution in [3.63, 3.8) is 0 Å². The highest BCUT2D eigenvalue weighted by molar-refractivity contribution is 7.99. The molecular formula is C48H50N8O6S2. The fourth-order valence-electron chi connectivity index (χ4n) is 8.63. The van der Waals surface area contributed by atoms with E-state index in [0.29, 0.717) is 42.5 Å². The highest BCUT2D eigenvalue weighted by Gasteiger charge is 2.42. The van der Waals surface area contributed by atoms with E-state index in [4.69, 9.17) is 29.9 Å². The van der Waals surface area contributed by atoms with E-state index in [1.807, 2.05) is 82.9 Å². The van der Waals surface area contributed by atoms with Crippen LogP contribution < -0.4 is 5.32 Å². The molecule has 16 heteroatoms. The monoisotopic (exact) mass is 898 g/mol. The molecule has 0 aliphatic carbocycles. The van der Waals surface area contributed by atoms with Crippen molar-refractivity contribution in [3.8, 4) is 33.6 Å². The second-order valence-electron chi connectivity index (χ2n) is 15.9. The summed E-state index contributed by atoms with van der Waals surface area (Å²) >= 11 is 6.30. The first-order valence-corrected chi connectivity index (χ1v) is 23.0. The smallest absolute Gasteiger partial charge is 0.407 e. The standard InChI is InChI=1S/C48H50N8O6S2/c1-60-48(59)54-43(36-11-7-4-8-12-36)47(58)56-26-37(64-2)22-42(56)45-51-24-40(53-45)35-19-15-32(16-20-35)31-13-17-34(18-14-31)39-23-50-44(52-39)41-21-30(28-63)25-55(41)46(57)38(27-61-62-29-49)33-9-5-3-6-10-33/h3-20,23-24,29-30,37-38,41-43,49,63H,21-22,25-28H2,1-2H3,(H,50,52)(H,51,53)(H,54,59)/t30-,37-,38-,41-,42-,43-/m0/s1. The van der Waals surface area contributed by atoms with Gasteiger partial charge in [-0.1, -0.05) is 109 Å². The third kappa shape index (κ3) is 9.73. The van der Waals surface area contributed by atoms with Crippen LogP contribution in [0.1, 0.15) is 59.7 Å². The zero-order valence-electron chi connectivity index (χ0n) is 35.4. The Morgan fingerprint density at radius 2 is 1.31 bits per heavy atom. The SMILES string of the molecule is COC(=O)N[C@H](C(=O)N1C[C@@H](SC)C[C@H]1c1ncc(-c2ccc(-c3ccc(-c4cnc([C@@H]5C[C@H](CS)CN5C(=O)[C@@H](COOC=N)c5ccccc5)[nH]4)cc3)cc2)[nH]1)c1ccccc1. The molecule has 64 heavy (non-hydrogen) atoms. The average molecular weight is 899 g/mol. The first kappa shape index (κ1) is 44.3. The summed E-state index contributed by atoms with van der Waals surface area (Å²) in [6.45, 7) is 1.03. The molecule has 330 valence electrons. The van der Waals surface area contributed by atoms with Gasteiger partial charge in [0, 0.05) is 18.3 Å². The van der Waals surface area contributed by atoms with Crippen LogP contribution in [0.25, 0.3) is 33.6 Å². The molecule has 2 fully saturated rings. The summed E-state index contributed by atoms with van der Waals surface area (Å²) in [4.78, 5) is 70.9. The van der Waals surface area contributed by atoms with Crippen molar-refractivity contribution < 1.29 is 28.9 Å². The largest absolute Gasteiger partial charge is 0.453 e. The van der Waals surface area contributed by atoms with Crippen molar-refractivity contribution >= 4 is 48.7 Å². The fourth-order valence-corrected chi connectivity index (χ4v) is 9.58. The minimum absolute atomic E-state index is 0.0345. The van der Waals surface area contributed by atoms with Crippen LogP contribution in [0.3, 0.4) is 0 Å². The number of carbonyl (C=O) groups excluding carboxylic acids is 3. The number of alkyl carbamates (subject to hydrolysis) is 1. The predicted molar refractivity (Wildman–Crippen MR) is 250 cm³/mol. The van der Waals surface area contributed by atoms with Crippen LogP contribution in [-0.4, -0.2) is 98.1 Å². The molecule has 2 aliphatic rings. The van der Waals surface area contributed by atoms with Gasteiger partial charge in [-0.2, -0.15) is 29.3 Å². The second kappa shape index (κ2) is 20.4. The van der Waals surface area contributed by atoms with E-state index >= 15 is 0 Å². The Hall–Kier alpha value is -6.36. The summed E-state index contributed by atoms with van der Waals surface area (Å²) in [5.74, 6) is 1.28. The lowest BCUT2D eigenvalue weighted by Gasteiger charge is -2.28. The van der Waals surface area contributed by atoms with E-state index in [1.54, 1.807) is 18.0 Å². The molecule has 4 N–H and O–H groups in total. The number of hydrogen-bond donors (Lipinski definition) is 5. The van der Waals surface area contributed by atoms with Crippen LogP contribution in [0.15, 0.2) is 122 Å². The van der Waals surface area contributed by atoms with Crippen molar-refractivity contribution in [3.05, 3.63) is 144 Å². The number of aromatic amines is 2. The lowest BCUT2D eigenvalue weighted by molar-refractivity contribution is -0.221. The number of thiol groups is 1. The van der Waals surface area contributed by atoms with Gasteiger partial charge in [0.1, 0.15) is 24.3 Å². The van der Waals surface area contributed by atoms with Crippen LogP contribution in [-0.2, 0) is 24.1 Å². The van der Waals surface area contributed by atoms with Crippen LogP contribution in [0, 0.1) is 11.3 Å². The van der Waals surface area contributed by atoms with Crippen molar-refractivity contribution in [2.24, 2.45) is 5.92 Å². The molecule has 4 aromatic carbocycles. The van der Waals surface area contributed by atoms with Gasteiger partial charge in [-0.15, -0.1) is 0 Å². The highest BCUT2D eigenvalue weighted by atomic mass is 32.2. The molecule has 2 saturated heterocycles. The van der Waals surface area contributed by atoms with Gasteiger partial charge in [-0.3, -0.25) is 15.0 Å². The maximum atomic E-state index is 14.2. The maximum Gasteiger partial charge on any atom is 0.407 e. The minimum atomic E-state index is -0.906. The Bertz CT molecular complexity index is 2520. The third-order valence-corrected chi connectivity index (χ3v) is 13.6. The van der Waals surface area contributed by atoms with Gasteiger partial charge in [0.2, 0.25) is 12.3 Å². The number of rotatable bonds is 16. The molecule has 0 unspecified atom stereocenters. The van der Waals surface area contributed by atoms with E-state index in [-0.39, 0.29) is 41.7 Å². The van der Waals surface area contributed by atoms with E-state index in [0.717, 1.165) is 52.0 Å². The summed E-state index contributed by atoms with van der Waals surface area (Å²) in [7, 11) is 1.28. The number of nitrogens with zero attached hydrogens (tertiary/aromatic N) is 4. The summed E-state index contributed by atoms with van der Waals surface area (Å²) < 4.78 is 4.87. The number of imidazole rings is 2. The fraction of sp³-hybridized carbons (Fsp3) is 0.292. The number of ether oxygens (including phenoxy) is 1. The van der Waals surface area contributed by atoms with Gasteiger partial charge in [0.15, 0.2) is 0 Å². The molecule has 4 heterocycles. The summed E-state index contributed by atoms with van der Waals surface area (Å²) in [6, 6.07) is 33.7. The topological polar surface area (TPSA) is 179 Å². The van der Waals surface area contributed by atoms with Crippen LogP contribution in [0.5, 0.6) is 0 Å². The Morgan fingerprint density at radius 3 is 1.84 bits per heavy atom. The maximum absolute atomic E-state index is 14.2. The molecular weight excluding hydrogens is 849 g/mol. The predicted octanol–water partition coefficient (Wildman–Crippen LogP) is 8.39. The number of thioether (sulfide) groups is 1. The summed E-state index contributed by atoms with van der Waals surface area (Å²) in [6.07, 6.45) is 7.12. The van der Waals surface area contributed by atoms with E-state index in [1.165, 1.54) is 7.11 Å². The zero-order chi connectivity index (χ0) is 44.6. The van der Waals surface area contributed by atoms with Crippen molar-refractivity contribution in [2.75, 3.05) is 38.8 Å². The number of carbonyl (C=O) groups is 3. The first-order chi connectivity index (χ1) is 31.3. The van der Waals surface area contributed by atoms with Crippen molar-refractivity contribution in [2.45, 2.75) is 42.1 Å². The number of amides is 3. The Morgan fingerprint density at radius 1 is 0.781 bits per heavy atom. The van der Waals surface area contributed by atoms with Gasteiger partial charge in [-0.25, -0.2) is 14.8 Å². The molecule has 14 nitrogen and oxygen atoms in total. The normalized spacial score (nSPS) is 19.2. The summed E-state index contributed by atoms with van der Waals surface area (Å²) in [5, 5.41) is 10.1. The molecule has 6 atom stereocenters. The van der Waals surface area contributed by atoms with Crippen molar-refractivity contribution in [1.82, 2.24) is 35.1 Å². The number of methoxy groups -OCH3 is 1. The number of H-pyrrole nitrogens is 2. The quantitative estimate of drug-likeness (QED) is 0.0159. The molecule has 6 aromatic rings. The molecule has 0 spiro atoms. The van der Waals surface area contributed by atoms with E-state index in [2.05, 4.69) is 76.4 Å². The Balaban J connectivity index is 0.951. The first-order valence-electron chi connectivity index (χ1n) is 21.1. The second-order valence-corrected chi connectivity index (χ2v) is 17.4. The Labute approximate surface area is 381 Å². The third-order valence-electron chi connectivity index (χ3n) is 12.0. The van der Waals surface area contributed by atoms with Crippen molar-refractivity contribution in [1.29, 1.82) is 5.41 Å². The molecule has 0 radical (unpaired) electrons. The van der Waals surface area contributed by atoms with E-state index in [9.17, 15) is 14.4 Å². The summed E-state index contributed by atoms with van der Waals surface area (Å²) in [5.41, 5.74) is 7.16. The lowest BCUT2D eigenvalue weighted by atomic mass is 9.98. The van der Waals surface area contributed by atoms with Gasteiger partial charge >= 0.3 is 6.09 Å². The number of benzene rings is 4. The number of hydrogen-bond acceptors (Lipinski definition) is 11. The molecule has 8 rings (SSSR count). The van der Waals surface area contributed by atoms with Crippen LogP contribution >= 0.6 is 24.4 Å². The van der Waals surface area contributed by atoms with Gasteiger partial charge in [-0.05, 0) is 64.1 Å². The minimum Gasteiger partial charge on any atom is -0.453 e.